The largest absolute Gasteiger partial charge is 0.387 e. The normalized spacial score (nSPS) is 28.0. The molecule has 1 unspecified atom stereocenters. The number of carbonyl (C=O) groups is 1. The number of nitrogens with zero attached hydrogens (tertiary/aromatic N) is 4. The maximum atomic E-state index is 12.1. The summed E-state index contributed by atoms with van der Waals surface area (Å²) < 4.78 is 7.80. The van der Waals surface area contributed by atoms with E-state index in [2.05, 4.69) is 25.6 Å². The third kappa shape index (κ3) is 4.05. The van der Waals surface area contributed by atoms with Gasteiger partial charge in [-0.1, -0.05) is 19.3 Å². The average molecular weight is 516 g/mol. The number of aliphatic hydroxyl groups is 2. The third-order valence-electron chi connectivity index (χ3n) is 5.46. The standard InChI is InChI=1S/C18H25IN6O4/c1-2-20-16(28)13-11(26)12(27)17(29-13)25-8-21-10-14(23-18(19)24-15(10)25)22-9-6-4-3-5-7-9/h8-9,11-13,17,26-27H,2-7H2,1H3,(H,20,28)(H,22,23,24)/t11-,12+,13-,17?/m0/s1. The van der Waals surface area contributed by atoms with Crippen molar-refractivity contribution in [1.82, 2.24) is 24.8 Å². The Bertz CT molecular complexity index is 887. The molecule has 4 rings (SSSR count). The second-order valence-electron chi connectivity index (χ2n) is 7.47. The first-order valence-electron chi connectivity index (χ1n) is 9.95. The maximum absolute atomic E-state index is 12.1. The van der Waals surface area contributed by atoms with Gasteiger partial charge in [0.15, 0.2) is 33.1 Å². The number of likely N-dealkylation sites (N-methyl/N-ethyl adjacent to an activating group) is 1. The Morgan fingerprint density at radius 3 is 2.76 bits per heavy atom. The number of hydrogen-bond acceptors (Lipinski definition) is 8. The summed E-state index contributed by atoms with van der Waals surface area (Å²) >= 11 is 2.04. The smallest absolute Gasteiger partial charge is 0.252 e. The fraction of sp³-hybridized carbons (Fsp3) is 0.667. The van der Waals surface area contributed by atoms with Crippen LogP contribution in [0.5, 0.6) is 0 Å². The Morgan fingerprint density at radius 2 is 2.03 bits per heavy atom. The first-order valence-corrected chi connectivity index (χ1v) is 11.0. The summed E-state index contributed by atoms with van der Waals surface area (Å²) in [7, 11) is 0. The van der Waals surface area contributed by atoms with Crippen molar-refractivity contribution in [3.8, 4) is 0 Å². The van der Waals surface area contributed by atoms with Gasteiger partial charge < -0.3 is 25.6 Å². The molecule has 10 nitrogen and oxygen atoms in total. The molecule has 29 heavy (non-hydrogen) atoms. The molecule has 0 aromatic carbocycles. The van der Waals surface area contributed by atoms with Gasteiger partial charge in [0.25, 0.3) is 5.91 Å². The van der Waals surface area contributed by atoms with E-state index in [1.165, 1.54) is 25.6 Å². The SMILES string of the molecule is CCNC(=O)[C@H]1OC(n2cnc3c(NC4CCCCC4)nc(I)nc32)[C@H](O)[C@@H]1O. The molecule has 1 aliphatic heterocycles. The zero-order valence-corrected chi connectivity index (χ0v) is 18.2. The van der Waals surface area contributed by atoms with Crippen molar-refractivity contribution in [2.75, 3.05) is 11.9 Å². The molecule has 4 N–H and O–H groups in total. The highest BCUT2D eigenvalue weighted by molar-refractivity contribution is 14.1. The van der Waals surface area contributed by atoms with Crippen LogP contribution in [0.3, 0.4) is 0 Å². The van der Waals surface area contributed by atoms with E-state index in [1.54, 1.807) is 11.5 Å². The van der Waals surface area contributed by atoms with Crippen LogP contribution >= 0.6 is 22.6 Å². The average Bonchev–Trinajstić information content (AvgIpc) is 3.24. The minimum atomic E-state index is -1.34. The van der Waals surface area contributed by atoms with Crippen LogP contribution < -0.4 is 10.6 Å². The first-order chi connectivity index (χ1) is 14.0. The quantitative estimate of drug-likeness (QED) is 0.341. The summed E-state index contributed by atoms with van der Waals surface area (Å²) in [6.07, 6.45) is 2.56. The minimum absolute atomic E-state index is 0.347. The van der Waals surface area contributed by atoms with Crippen LogP contribution in [-0.4, -0.2) is 66.5 Å². The molecule has 2 fully saturated rings. The summed E-state index contributed by atoms with van der Waals surface area (Å²) in [6, 6.07) is 0.347. The lowest BCUT2D eigenvalue weighted by molar-refractivity contribution is -0.137. The fourth-order valence-corrected chi connectivity index (χ4v) is 4.47. The van der Waals surface area contributed by atoms with Gasteiger partial charge in [0.1, 0.15) is 12.2 Å². The number of fused-ring (bicyclic) bond motifs is 1. The molecule has 1 saturated carbocycles. The summed E-state index contributed by atoms with van der Waals surface area (Å²) in [5.41, 5.74) is 1.05. The number of amides is 1. The van der Waals surface area contributed by atoms with Gasteiger partial charge in [0.2, 0.25) is 0 Å². The number of rotatable bonds is 5. The summed E-state index contributed by atoms with van der Waals surface area (Å²) in [6.45, 7) is 2.18. The van der Waals surface area contributed by atoms with E-state index in [4.69, 9.17) is 4.74 Å². The highest BCUT2D eigenvalue weighted by atomic mass is 127. The molecule has 1 aliphatic carbocycles. The van der Waals surface area contributed by atoms with Gasteiger partial charge in [-0.2, -0.15) is 0 Å². The molecule has 158 valence electrons. The topological polar surface area (TPSA) is 134 Å². The van der Waals surface area contributed by atoms with Crippen molar-refractivity contribution in [1.29, 1.82) is 0 Å². The molecule has 2 aliphatic rings. The molecule has 0 spiro atoms. The van der Waals surface area contributed by atoms with E-state index in [-0.39, 0.29) is 0 Å². The molecule has 0 radical (unpaired) electrons. The van der Waals surface area contributed by atoms with E-state index in [1.807, 2.05) is 22.6 Å². The lowest BCUT2D eigenvalue weighted by atomic mass is 9.95. The van der Waals surface area contributed by atoms with Gasteiger partial charge in [-0.05, 0) is 19.8 Å². The second-order valence-corrected chi connectivity index (χ2v) is 8.43. The lowest BCUT2D eigenvalue weighted by Gasteiger charge is -2.23. The Labute approximate surface area is 181 Å². The van der Waals surface area contributed by atoms with Crippen LogP contribution in [0.25, 0.3) is 11.2 Å². The molecule has 1 saturated heterocycles. The van der Waals surface area contributed by atoms with Crippen LogP contribution in [0.4, 0.5) is 5.82 Å². The summed E-state index contributed by atoms with van der Waals surface area (Å²) in [5, 5.41) is 26.9. The Hall–Kier alpha value is -1.57. The molecule has 4 atom stereocenters. The van der Waals surface area contributed by atoms with Crippen molar-refractivity contribution >= 4 is 45.5 Å². The molecule has 11 heteroatoms. The van der Waals surface area contributed by atoms with Crippen LogP contribution in [0.15, 0.2) is 6.33 Å². The highest BCUT2D eigenvalue weighted by Gasteiger charge is 2.47. The van der Waals surface area contributed by atoms with Crippen LogP contribution in [-0.2, 0) is 9.53 Å². The molecular formula is C18H25IN6O4. The molecule has 3 heterocycles. The summed E-state index contributed by atoms with van der Waals surface area (Å²) in [5.74, 6) is 0.188. The van der Waals surface area contributed by atoms with E-state index in [0.29, 0.717) is 33.4 Å². The third-order valence-corrected chi connectivity index (χ3v) is 5.94. The molecule has 2 aromatic heterocycles. The number of ether oxygens (including phenoxy) is 1. The van der Waals surface area contributed by atoms with Gasteiger partial charge in [-0.25, -0.2) is 15.0 Å². The van der Waals surface area contributed by atoms with Gasteiger partial charge >= 0.3 is 0 Å². The van der Waals surface area contributed by atoms with Gasteiger partial charge in [0.05, 0.1) is 6.33 Å². The van der Waals surface area contributed by atoms with Crippen molar-refractivity contribution in [2.45, 2.75) is 69.6 Å². The number of aromatic nitrogens is 4. The monoisotopic (exact) mass is 516 g/mol. The number of hydrogen-bond donors (Lipinski definition) is 4. The highest BCUT2D eigenvalue weighted by Crippen LogP contribution is 2.33. The van der Waals surface area contributed by atoms with Crippen molar-refractivity contribution in [2.24, 2.45) is 0 Å². The van der Waals surface area contributed by atoms with Crippen LogP contribution in [0.1, 0.15) is 45.3 Å². The van der Waals surface area contributed by atoms with Crippen LogP contribution in [0.2, 0.25) is 0 Å². The number of carbonyl (C=O) groups excluding carboxylic acids is 1. The van der Waals surface area contributed by atoms with Crippen molar-refractivity contribution in [3.05, 3.63) is 10.2 Å². The lowest BCUT2D eigenvalue weighted by Crippen LogP contribution is -2.42. The molecule has 1 amide bonds. The fourth-order valence-electron chi connectivity index (χ4n) is 4.00. The first kappa shape index (κ1) is 20.7. The van der Waals surface area contributed by atoms with E-state index in [0.717, 1.165) is 12.8 Å². The predicted octanol–water partition coefficient (Wildman–Crippen LogP) is 0.931. The van der Waals surface area contributed by atoms with Crippen molar-refractivity contribution < 1.29 is 19.7 Å². The van der Waals surface area contributed by atoms with Crippen molar-refractivity contribution in [3.63, 3.8) is 0 Å². The van der Waals surface area contributed by atoms with Gasteiger partial charge in [-0.15, -0.1) is 0 Å². The second kappa shape index (κ2) is 8.66. The maximum Gasteiger partial charge on any atom is 0.252 e. The Balaban J connectivity index is 1.64. The number of anilines is 1. The Morgan fingerprint density at radius 1 is 1.28 bits per heavy atom. The zero-order chi connectivity index (χ0) is 20.5. The van der Waals surface area contributed by atoms with Gasteiger partial charge in [0, 0.05) is 35.2 Å². The number of nitrogens with one attached hydrogen (secondary N) is 2. The van der Waals surface area contributed by atoms with E-state index < -0.39 is 30.4 Å². The number of halogens is 1. The van der Waals surface area contributed by atoms with E-state index >= 15 is 0 Å². The number of aliphatic hydroxyl groups excluding tert-OH is 2. The van der Waals surface area contributed by atoms with E-state index in [9.17, 15) is 15.0 Å². The molecular weight excluding hydrogens is 491 g/mol. The zero-order valence-electron chi connectivity index (χ0n) is 16.1. The van der Waals surface area contributed by atoms with Gasteiger partial charge in [-0.3, -0.25) is 9.36 Å². The molecule has 0 bridgehead atoms. The van der Waals surface area contributed by atoms with Crippen LogP contribution in [0, 0.1) is 3.83 Å². The Kier molecular flexibility index (Phi) is 6.18. The number of imidazole rings is 1. The predicted molar refractivity (Wildman–Crippen MR) is 113 cm³/mol. The minimum Gasteiger partial charge on any atom is -0.387 e. The molecule has 2 aromatic rings. The summed E-state index contributed by atoms with van der Waals surface area (Å²) in [4.78, 5) is 25.5.